The van der Waals surface area contributed by atoms with Gasteiger partial charge in [-0.1, -0.05) is 17.7 Å². The number of hydrogen-bond acceptors (Lipinski definition) is 5. The van der Waals surface area contributed by atoms with Gasteiger partial charge in [0, 0.05) is 12.8 Å². The fourth-order valence-corrected chi connectivity index (χ4v) is 3.12. The monoisotopic (exact) mass is 358 g/mol. The van der Waals surface area contributed by atoms with Gasteiger partial charge in [0.2, 0.25) is 5.91 Å². The minimum absolute atomic E-state index is 0.520. The predicted octanol–water partition coefficient (Wildman–Crippen LogP) is 1.83. The molecule has 0 saturated carbocycles. The van der Waals surface area contributed by atoms with Crippen LogP contribution in [0.2, 0.25) is 0 Å². The van der Waals surface area contributed by atoms with Crippen LogP contribution in [0.5, 0.6) is 0 Å². The number of rotatable bonds is 6. The lowest BCUT2D eigenvalue weighted by atomic mass is 10.0. The molecule has 0 aliphatic carbocycles. The molecule has 0 radical (unpaired) electrons. The fraction of sp³-hybridized carbons (Fsp3) is 0.474. The standard InChI is InChI=1S/C19H26N4O3/c1-12-9-13(2)16(14(3)10-12)23-18(25)15(17(24)21-19(23)26)11-20-7-6-8-22(4)5/h9-11,15H,6-8H2,1-5H3,(H,21,24,26)/t15-/m1/s1. The normalized spacial score (nSPS) is 18.2. The van der Waals surface area contributed by atoms with E-state index in [0.29, 0.717) is 12.2 Å². The summed E-state index contributed by atoms with van der Waals surface area (Å²) in [6.45, 7) is 7.03. The average molecular weight is 358 g/mol. The van der Waals surface area contributed by atoms with Crippen LogP contribution < -0.4 is 10.2 Å². The van der Waals surface area contributed by atoms with Crippen LogP contribution in [0.4, 0.5) is 10.5 Å². The van der Waals surface area contributed by atoms with Crippen molar-refractivity contribution in [2.45, 2.75) is 27.2 Å². The minimum Gasteiger partial charge on any atom is -0.309 e. The van der Waals surface area contributed by atoms with E-state index in [-0.39, 0.29) is 0 Å². The Kier molecular flexibility index (Phi) is 6.26. The summed E-state index contributed by atoms with van der Waals surface area (Å²) < 4.78 is 0. The van der Waals surface area contributed by atoms with Crippen molar-refractivity contribution in [3.8, 4) is 0 Å². The van der Waals surface area contributed by atoms with Gasteiger partial charge < -0.3 is 4.90 Å². The Bertz CT molecular complexity index is 732. The second-order valence-corrected chi connectivity index (χ2v) is 6.91. The van der Waals surface area contributed by atoms with Gasteiger partial charge in [0.05, 0.1) is 5.69 Å². The Morgan fingerprint density at radius 2 is 1.77 bits per heavy atom. The molecule has 0 bridgehead atoms. The van der Waals surface area contributed by atoms with Crippen molar-refractivity contribution in [3.05, 3.63) is 28.8 Å². The smallest absolute Gasteiger partial charge is 0.309 e. The number of nitrogens with one attached hydrogen (secondary N) is 1. The molecule has 7 nitrogen and oxygen atoms in total. The van der Waals surface area contributed by atoms with Gasteiger partial charge in [-0.2, -0.15) is 0 Å². The zero-order valence-electron chi connectivity index (χ0n) is 16.0. The van der Waals surface area contributed by atoms with E-state index in [2.05, 4.69) is 10.3 Å². The second-order valence-electron chi connectivity index (χ2n) is 6.91. The Labute approximate surface area is 154 Å². The van der Waals surface area contributed by atoms with Crippen molar-refractivity contribution in [2.24, 2.45) is 10.9 Å². The molecule has 4 amide bonds. The van der Waals surface area contributed by atoms with Gasteiger partial charge in [0.15, 0.2) is 5.92 Å². The molecule has 1 saturated heterocycles. The number of aryl methyl sites for hydroxylation is 3. The zero-order valence-corrected chi connectivity index (χ0v) is 16.0. The first-order valence-corrected chi connectivity index (χ1v) is 8.63. The van der Waals surface area contributed by atoms with Gasteiger partial charge in [0.1, 0.15) is 0 Å². The van der Waals surface area contributed by atoms with Crippen LogP contribution in [0, 0.1) is 26.7 Å². The predicted molar refractivity (Wildman–Crippen MR) is 102 cm³/mol. The molecule has 1 fully saturated rings. The van der Waals surface area contributed by atoms with Crippen molar-refractivity contribution < 1.29 is 14.4 Å². The molecule has 1 aliphatic heterocycles. The largest absolute Gasteiger partial charge is 0.335 e. The van der Waals surface area contributed by atoms with Crippen LogP contribution in [0.1, 0.15) is 23.1 Å². The molecule has 2 rings (SSSR count). The van der Waals surface area contributed by atoms with Gasteiger partial charge in [-0.25, -0.2) is 9.69 Å². The van der Waals surface area contributed by atoms with Crippen molar-refractivity contribution in [1.29, 1.82) is 0 Å². The third-order valence-corrected chi connectivity index (χ3v) is 4.21. The van der Waals surface area contributed by atoms with E-state index >= 15 is 0 Å². The Hall–Kier alpha value is -2.54. The highest BCUT2D eigenvalue weighted by Gasteiger charge is 2.41. The maximum Gasteiger partial charge on any atom is 0.335 e. The first-order chi connectivity index (χ1) is 12.2. The quantitative estimate of drug-likeness (QED) is 0.478. The number of urea groups is 1. The van der Waals surface area contributed by atoms with Crippen molar-refractivity contribution >= 4 is 29.7 Å². The van der Waals surface area contributed by atoms with E-state index in [0.717, 1.165) is 34.6 Å². The van der Waals surface area contributed by atoms with Crippen LogP contribution in [-0.2, 0) is 9.59 Å². The third-order valence-electron chi connectivity index (χ3n) is 4.21. The van der Waals surface area contributed by atoms with E-state index in [1.807, 2.05) is 51.9 Å². The summed E-state index contributed by atoms with van der Waals surface area (Å²) in [6.07, 6.45) is 2.18. The molecule has 1 heterocycles. The molecular weight excluding hydrogens is 332 g/mol. The average Bonchev–Trinajstić information content (AvgIpc) is 2.51. The lowest BCUT2D eigenvalue weighted by molar-refractivity contribution is -0.131. The molecule has 0 spiro atoms. The lowest BCUT2D eigenvalue weighted by Crippen LogP contribution is -2.59. The highest BCUT2D eigenvalue weighted by Crippen LogP contribution is 2.29. The summed E-state index contributed by atoms with van der Waals surface area (Å²) in [4.78, 5) is 44.6. The summed E-state index contributed by atoms with van der Waals surface area (Å²) in [5.74, 6) is -2.28. The molecule has 7 heteroatoms. The number of benzene rings is 1. The summed E-state index contributed by atoms with van der Waals surface area (Å²) in [6, 6.07) is 3.10. The molecule has 1 aromatic rings. The molecule has 26 heavy (non-hydrogen) atoms. The van der Waals surface area contributed by atoms with Crippen LogP contribution in [0.3, 0.4) is 0 Å². The molecule has 140 valence electrons. The molecule has 1 aliphatic rings. The molecule has 0 aromatic heterocycles. The molecule has 1 N–H and O–H groups in total. The number of anilines is 1. The summed E-state index contributed by atoms with van der Waals surface area (Å²) in [5, 5.41) is 2.26. The Morgan fingerprint density at radius 3 is 2.35 bits per heavy atom. The van der Waals surface area contributed by atoms with Gasteiger partial charge in [-0.3, -0.25) is 19.9 Å². The third kappa shape index (κ3) is 4.35. The molecule has 1 aromatic carbocycles. The topological polar surface area (TPSA) is 82.1 Å². The molecular formula is C19H26N4O3. The van der Waals surface area contributed by atoms with E-state index in [1.165, 1.54) is 6.21 Å². The summed E-state index contributed by atoms with van der Waals surface area (Å²) >= 11 is 0. The van der Waals surface area contributed by atoms with E-state index in [9.17, 15) is 14.4 Å². The van der Waals surface area contributed by atoms with Crippen LogP contribution in [0.25, 0.3) is 0 Å². The van der Waals surface area contributed by atoms with Crippen LogP contribution in [-0.4, -0.2) is 56.1 Å². The van der Waals surface area contributed by atoms with Crippen LogP contribution >= 0.6 is 0 Å². The first kappa shape index (κ1) is 19.8. The Morgan fingerprint density at radius 1 is 1.15 bits per heavy atom. The van der Waals surface area contributed by atoms with Gasteiger partial charge in [-0.15, -0.1) is 0 Å². The zero-order chi connectivity index (χ0) is 19.4. The van der Waals surface area contributed by atoms with E-state index in [1.54, 1.807) is 0 Å². The number of carbonyl (C=O) groups excluding carboxylic acids is 3. The van der Waals surface area contributed by atoms with Gasteiger partial charge >= 0.3 is 6.03 Å². The lowest BCUT2D eigenvalue weighted by Gasteiger charge is -2.30. The summed E-state index contributed by atoms with van der Waals surface area (Å²) in [7, 11) is 3.94. The number of nitrogens with zero attached hydrogens (tertiary/aromatic N) is 3. The van der Waals surface area contributed by atoms with Gasteiger partial charge in [-0.05, 0) is 59.0 Å². The van der Waals surface area contributed by atoms with Crippen molar-refractivity contribution in [1.82, 2.24) is 10.2 Å². The second kappa shape index (κ2) is 8.23. The fourth-order valence-electron chi connectivity index (χ4n) is 3.12. The van der Waals surface area contributed by atoms with Gasteiger partial charge in [0.25, 0.3) is 5.91 Å². The number of imide groups is 2. The Balaban J connectivity index is 2.24. The maximum atomic E-state index is 12.9. The highest BCUT2D eigenvalue weighted by atomic mass is 16.2. The van der Waals surface area contributed by atoms with E-state index in [4.69, 9.17) is 0 Å². The number of carbonyl (C=O) groups is 3. The number of barbiturate groups is 1. The number of hydrogen-bond donors (Lipinski definition) is 1. The molecule has 0 unspecified atom stereocenters. The maximum absolute atomic E-state index is 12.9. The van der Waals surface area contributed by atoms with E-state index < -0.39 is 23.8 Å². The minimum atomic E-state index is -1.09. The highest BCUT2D eigenvalue weighted by molar-refractivity contribution is 6.32. The van der Waals surface area contributed by atoms with Crippen molar-refractivity contribution in [2.75, 3.05) is 32.1 Å². The van der Waals surface area contributed by atoms with Crippen molar-refractivity contribution in [3.63, 3.8) is 0 Å². The summed E-state index contributed by atoms with van der Waals surface area (Å²) in [5.41, 5.74) is 3.18. The number of amides is 4. The SMILES string of the molecule is Cc1cc(C)c(N2C(=O)NC(=O)[C@@H](C=NCCCN(C)C)C2=O)c(C)c1. The first-order valence-electron chi connectivity index (χ1n) is 8.63. The van der Waals surface area contributed by atoms with Crippen LogP contribution in [0.15, 0.2) is 17.1 Å². The molecule has 1 atom stereocenters. The number of aliphatic imine (C=N–C) groups is 1.